The number of nitrogens with one attached hydrogen (secondary N) is 1. The molecule has 0 radical (unpaired) electrons. The number of hydrogen-bond acceptors (Lipinski definition) is 3. The van der Waals surface area contributed by atoms with E-state index < -0.39 is 5.92 Å². The van der Waals surface area contributed by atoms with Crippen molar-refractivity contribution in [1.82, 2.24) is 5.43 Å². The van der Waals surface area contributed by atoms with Gasteiger partial charge in [-0.05, 0) is 42.9 Å². The Hall–Kier alpha value is -1.20. The highest BCUT2D eigenvalue weighted by molar-refractivity contribution is 5.27. The summed E-state index contributed by atoms with van der Waals surface area (Å²) in [7, 11) is 1.63. The summed E-state index contributed by atoms with van der Waals surface area (Å²) in [6.45, 7) is 0. The summed E-state index contributed by atoms with van der Waals surface area (Å²) >= 11 is 0. The Balaban J connectivity index is 1.87. The molecule has 1 fully saturated rings. The number of aryl methyl sites for hydroxylation is 1. The highest BCUT2D eigenvalue weighted by Gasteiger charge is 2.42. The van der Waals surface area contributed by atoms with E-state index in [1.807, 2.05) is 24.3 Å². The van der Waals surface area contributed by atoms with Crippen LogP contribution in [0, 0.1) is 5.92 Å². The number of methoxy groups -OCH3 is 1. The molecule has 20 heavy (non-hydrogen) atoms. The van der Waals surface area contributed by atoms with Crippen molar-refractivity contribution < 1.29 is 13.5 Å². The van der Waals surface area contributed by atoms with Gasteiger partial charge in [0.1, 0.15) is 5.75 Å². The van der Waals surface area contributed by atoms with Gasteiger partial charge in [0, 0.05) is 18.9 Å². The Bertz CT molecular complexity index is 422. The number of hydrogen-bond donors (Lipinski definition) is 2. The number of halogens is 2. The molecule has 0 amide bonds. The zero-order valence-electron chi connectivity index (χ0n) is 11.7. The monoisotopic (exact) mass is 284 g/mol. The SMILES string of the molecule is COc1ccc(CCC(NN)C2CCC(F)(F)C2)cc1. The molecule has 2 unspecified atom stereocenters. The van der Waals surface area contributed by atoms with Crippen molar-refractivity contribution in [2.45, 2.75) is 44.1 Å². The molecule has 0 heterocycles. The van der Waals surface area contributed by atoms with Crippen molar-refractivity contribution in [2.24, 2.45) is 11.8 Å². The van der Waals surface area contributed by atoms with Crippen molar-refractivity contribution in [3.05, 3.63) is 29.8 Å². The molecule has 2 rings (SSSR count). The highest BCUT2D eigenvalue weighted by Crippen LogP contribution is 2.40. The van der Waals surface area contributed by atoms with E-state index in [9.17, 15) is 8.78 Å². The van der Waals surface area contributed by atoms with Crippen LogP contribution in [0.15, 0.2) is 24.3 Å². The third-order valence-corrected chi connectivity index (χ3v) is 4.13. The lowest BCUT2D eigenvalue weighted by Gasteiger charge is -2.22. The lowest BCUT2D eigenvalue weighted by molar-refractivity contribution is 0.00316. The van der Waals surface area contributed by atoms with Crippen LogP contribution in [-0.4, -0.2) is 19.1 Å². The van der Waals surface area contributed by atoms with Gasteiger partial charge in [0.05, 0.1) is 7.11 Å². The second-order valence-corrected chi connectivity index (χ2v) is 5.52. The quantitative estimate of drug-likeness (QED) is 0.624. The zero-order chi connectivity index (χ0) is 14.6. The van der Waals surface area contributed by atoms with Gasteiger partial charge in [-0.2, -0.15) is 0 Å². The Morgan fingerprint density at radius 1 is 1.40 bits per heavy atom. The molecule has 0 aliphatic heterocycles. The minimum absolute atomic E-state index is 0.0155. The molecular formula is C15H22F2N2O. The van der Waals surface area contributed by atoms with Gasteiger partial charge in [-0.15, -0.1) is 0 Å². The molecule has 1 aliphatic rings. The fourth-order valence-electron chi connectivity index (χ4n) is 2.90. The summed E-state index contributed by atoms with van der Waals surface area (Å²) in [5.74, 6) is 3.81. The minimum atomic E-state index is -2.51. The maximum Gasteiger partial charge on any atom is 0.248 e. The summed E-state index contributed by atoms with van der Waals surface area (Å²) in [6, 6.07) is 7.75. The van der Waals surface area contributed by atoms with E-state index in [2.05, 4.69) is 5.43 Å². The van der Waals surface area contributed by atoms with E-state index in [-0.39, 0.29) is 24.8 Å². The average Bonchev–Trinajstić information content (AvgIpc) is 2.80. The first-order valence-corrected chi connectivity index (χ1v) is 7.01. The Morgan fingerprint density at radius 3 is 2.60 bits per heavy atom. The average molecular weight is 284 g/mol. The van der Waals surface area contributed by atoms with E-state index in [0.717, 1.165) is 24.2 Å². The van der Waals surface area contributed by atoms with E-state index in [1.54, 1.807) is 7.11 Å². The topological polar surface area (TPSA) is 47.3 Å². The van der Waals surface area contributed by atoms with Crippen LogP contribution in [0.2, 0.25) is 0 Å². The van der Waals surface area contributed by atoms with Gasteiger partial charge in [-0.3, -0.25) is 11.3 Å². The first kappa shape index (κ1) is 15.2. The number of rotatable bonds is 6. The van der Waals surface area contributed by atoms with E-state index in [1.165, 1.54) is 0 Å². The largest absolute Gasteiger partial charge is 0.497 e. The van der Waals surface area contributed by atoms with Crippen molar-refractivity contribution in [3.63, 3.8) is 0 Å². The van der Waals surface area contributed by atoms with Gasteiger partial charge >= 0.3 is 0 Å². The van der Waals surface area contributed by atoms with Gasteiger partial charge < -0.3 is 4.74 Å². The normalized spacial score (nSPS) is 22.7. The van der Waals surface area contributed by atoms with Gasteiger partial charge in [0.25, 0.3) is 0 Å². The van der Waals surface area contributed by atoms with Gasteiger partial charge in [0.15, 0.2) is 0 Å². The number of alkyl halides is 2. The fraction of sp³-hybridized carbons (Fsp3) is 0.600. The van der Waals surface area contributed by atoms with Crippen molar-refractivity contribution in [2.75, 3.05) is 7.11 Å². The molecule has 1 aromatic rings. The van der Waals surface area contributed by atoms with E-state index >= 15 is 0 Å². The van der Waals surface area contributed by atoms with Crippen molar-refractivity contribution in [1.29, 1.82) is 0 Å². The third-order valence-electron chi connectivity index (χ3n) is 4.13. The molecule has 0 bridgehead atoms. The maximum atomic E-state index is 13.3. The van der Waals surface area contributed by atoms with Gasteiger partial charge in [0.2, 0.25) is 5.92 Å². The molecule has 0 spiro atoms. The van der Waals surface area contributed by atoms with Crippen LogP contribution in [0.4, 0.5) is 8.78 Å². The predicted octanol–water partition coefficient (Wildman–Crippen LogP) is 2.90. The second kappa shape index (κ2) is 6.50. The summed E-state index contributed by atoms with van der Waals surface area (Å²) in [4.78, 5) is 0. The third kappa shape index (κ3) is 3.90. The molecule has 3 nitrogen and oxygen atoms in total. The van der Waals surface area contributed by atoms with Gasteiger partial charge in [-0.1, -0.05) is 12.1 Å². The molecule has 0 saturated heterocycles. The molecule has 5 heteroatoms. The highest BCUT2D eigenvalue weighted by atomic mass is 19.3. The number of ether oxygens (including phenoxy) is 1. The van der Waals surface area contributed by atoms with Crippen LogP contribution < -0.4 is 16.0 Å². The molecular weight excluding hydrogens is 262 g/mol. The Morgan fingerprint density at radius 2 is 2.10 bits per heavy atom. The Kier molecular flexibility index (Phi) is 4.94. The molecule has 0 aromatic heterocycles. The van der Waals surface area contributed by atoms with E-state index in [0.29, 0.717) is 6.42 Å². The van der Waals surface area contributed by atoms with Crippen LogP contribution in [0.25, 0.3) is 0 Å². The molecule has 2 atom stereocenters. The number of hydrazine groups is 1. The maximum absolute atomic E-state index is 13.3. The molecule has 1 aromatic carbocycles. The second-order valence-electron chi connectivity index (χ2n) is 5.52. The summed E-state index contributed by atoms with van der Waals surface area (Å²) in [6.07, 6.45) is 2.07. The standard InChI is InChI=1S/C15H22F2N2O/c1-20-13-5-2-11(3-6-13)4-7-14(19-18)12-8-9-15(16,17)10-12/h2-3,5-6,12,14,19H,4,7-10,18H2,1H3. The summed E-state index contributed by atoms with van der Waals surface area (Å²) in [5, 5.41) is 0. The molecule has 112 valence electrons. The van der Waals surface area contributed by atoms with Crippen LogP contribution >= 0.6 is 0 Å². The smallest absolute Gasteiger partial charge is 0.248 e. The van der Waals surface area contributed by atoms with Crippen LogP contribution in [0.1, 0.15) is 31.2 Å². The van der Waals surface area contributed by atoms with Crippen LogP contribution in [0.3, 0.4) is 0 Å². The van der Waals surface area contributed by atoms with Crippen molar-refractivity contribution >= 4 is 0 Å². The van der Waals surface area contributed by atoms with Gasteiger partial charge in [-0.25, -0.2) is 8.78 Å². The molecule has 1 saturated carbocycles. The fourth-order valence-corrected chi connectivity index (χ4v) is 2.90. The lowest BCUT2D eigenvalue weighted by Crippen LogP contribution is -2.40. The summed E-state index contributed by atoms with van der Waals surface area (Å²) in [5.41, 5.74) is 3.88. The van der Waals surface area contributed by atoms with Crippen molar-refractivity contribution in [3.8, 4) is 5.75 Å². The summed E-state index contributed by atoms with van der Waals surface area (Å²) < 4.78 is 31.6. The zero-order valence-corrected chi connectivity index (χ0v) is 11.7. The lowest BCUT2D eigenvalue weighted by atomic mass is 9.93. The number of nitrogens with two attached hydrogens (primary N) is 1. The first-order chi connectivity index (χ1) is 9.54. The van der Waals surface area contributed by atoms with Crippen LogP contribution in [-0.2, 0) is 6.42 Å². The Labute approximate surface area is 118 Å². The minimum Gasteiger partial charge on any atom is -0.497 e. The predicted molar refractivity (Wildman–Crippen MR) is 74.7 cm³/mol. The van der Waals surface area contributed by atoms with E-state index in [4.69, 9.17) is 10.6 Å². The molecule has 1 aliphatic carbocycles. The first-order valence-electron chi connectivity index (χ1n) is 7.01. The number of benzene rings is 1. The van der Waals surface area contributed by atoms with Crippen LogP contribution in [0.5, 0.6) is 5.75 Å². The molecule has 3 N–H and O–H groups in total.